The number of aryl methyl sites for hydroxylation is 1. The van der Waals surface area contributed by atoms with E-state index in [9.17, 15) is 8.42 Å². The Morgan fingerprint density at radius 1 is 1.26 bits per heavy atom. The zero-order chi connectivity index (χ0) is 14.5. The third kappa shape index (κ3) is 4.27. The first kappa shape index (κ1) is 16.6. The van der Waals surface area contributed by atoms with Crippen LogP contribution in [0.1, 0.15) is 44.1 Å². The van der Waals surface area contributed by atoms with Crippen LogP contribution in [0.15, 0.2) is 10.3 Å². The van der Waals surface area contributed by atoms with Crippen molar-refractivity contribution < 1.29 is 8.42 Å². The quantitative estimate of drug-likeness (QED) is 0.776. The molecule has 1 heterocycles. The van der Waals surface area contributed by atoms with E-state index in [1.165, 1.54) is 11.3 Å². The van der Waals surface area contributed by atoms with Gasteiger partial charge in [-0.15, -0.1) is 11.3 Å². The lowest BCUT2D eigenvalue weighted by Gasteiger charge is -2.16. The van der Waals surface area contributed by atoms with Crippen LogP contribution in [0.4, 0.5) is 0 Å². The van der Waals surface area contributed by atoms with E-state index in [0.717, 1.165) is 29.8 Å². The Kier molecular flexibility index (Phi) is 6.46. The van der Waals surface area contributed by atoms with Gasteiger partial charge in [0, 0.05) is 17.5 Å². The molecule has 0 aromatic carbocycles. The smallest absolute Gasteiger partial charge is 0.242 e. The molecular weight excluding hydrogens is 280 g/mol. The summed E-state index contributed by atoms with van der Waals surface area (Å²) in [7, 11) is -3.41. The largest absolute Gasteiger partial charge is 0.312 e. The van der Waals surface area contributed by atoms with Crippen molar-refractivity contribution in [2.75, 3.05) is 6.54 Å². The van der Waals surface area contributed by atoms with E-state index in [0.29, 0.717) is 11.4 Å². The minimum absolute atomic E-state index is 0.0104. The summed E-state index contributed by atoms with van der Waals surface area (Å²) in [5.74, 6) is 0. The van der Waals surface area contributed by atoms with E-state index < -0.39 is 10.0 Å². The second kappa shape index (κ2) is 7.38. The molecule has 0 aliphatic heterocycles. The molecule has 1 aromatic heterocycles. The molecule has 2 N–H and O–H groups in total. The van der Waals surface area contributed by atoms with Gasteiger partial charge >= 0.3 is 0 Å². The van der Waals surface area contributed by atoms with Crippen LogP contribution in [0.5, 0.6) is 0 Å². The average molecular weight is 304 g/mol. The van der Waals surface area contributed by atoms with Crippen molar-refractivity contribution in [3.8, 4) is 0 Å². The predicted molar refractivity (Wildman–Crippen MR) is 81.1 cm³/mol. The van der Waals surface area contributed by atoms with Crippen molar-refractivity contribution in [3.05, 3.63) is 15.8 Å². The van der Waals surface area contributed by atoms with Crippen LogP contribution in [0, 0.1) is 6.92 Å². The molecule has 0 aliphatic carbocycles. The fraction of sp³-hybridized carbons (Fsp3) is 0.692. The summed E-state index contributed by atoms with van der Waals surface area (Å²) in [6, 6.07) is 0.0104. The summed E-state index contributed by atoms with van der Waals surface area (Å²) in [4.78, 5) is 1.35. The number of hydrogen-bond donors (Lipinski definition) is 2. The van der Waals surface area contributed by atoms with Crippen LogP contribution in [0.25, 0.3) is 0 Å². The van der Waals surface area contributed by atoms with Crippen LogP contribution in [-0.4, -0.2) is 21.0 Å². The lowest BCUT2D eigenvalue weighted by Crippen LogP contribution is -2.34. The van der Waals surface area contributed by atoms with E-state index in [-0.39, 0.29) is 6.04 Å². The van der Waals surface area contributed by atoms with Gasteiger partial charge in [-0.25, -0.2) is 13.1 Å². The number of thiophene rings is 1. The molecular formula is C13H24N2O2S2. The molecule has 0 saturated heterocycles. The van der Waals surface area contributed by atoms with Gasteiger partial charge < -0.3 is 5.32 Å². The number of nitrogens with one attached hydrogen (secondary N) is 2. The van der Waals surface area contributed by atoms with E-state index in [2.05, 4.69) is 10.0 Å². The standard InChI is InChI=1S/C13H24N2O2S2/c1-5-11(6-2)15-19(16,17)13-10(4)9-18-12(13)8-14-7-3/h9,11,14-15H,5-8H2,1-4H3. The maximum atomic E-state index is 12.5. The van der Waals surface area contributed by atoms with Gasteiger partial charge in [0.25, 0.3) is 0 Å². The van der Waals surface area contributed by atoms with Gasteiger partial charge in [0.2, 0.25) is 10.0 Å². The van der Waals surface area contributed by atoms with Gasteiger partial charge in [0.05, 0.1) is 0 Å². The van der Waals surface area contributed by atoms with Crippen molar-refractivity contribution in [2.45, 2.75) is 58.0 Å². The monoisotopic (exact) mass is 304 g/mol. The highest BCUT2D eigenvalue weighted by Crippen LogP contribution is 2.27. The first-order chi connectivity index (χ1) is 8.96. The molecule has 0 saturated carbocycles. The number of rotatable bonds is 8. The SMILES string of the molecule is CCNCc1scc(C)c1S(=O)(=O)NC(CC)CC. The molecule has 0 aliphatic rings. The van der Waals surface area contributed by atoms with Crippen LogP contribution in [0.3, 0.4) is 0 Å². The van der Waals surface area contributed by atoms with Crippen molar-refractivity contribution >= 4 is 21.4 Å². The third-order valence-corrected chi connectivity index (χ3v) is 6.08. The Labute approximate surface area is 120 Å². The Bertz CT molecular complexity index is 491. The Morgan fingerprint density at radius 2 is 1.89 bits per heavy atom. The molecule has 0 fully saturated rings. The van der Waals surface area contributed by atoms with Crippen LogP contribution in [-0.2, 0) is 16.6 Å². The summed E-state index contributed by atoms with van der Waals surface area (Å²) in [6.07, 6.45) is 1.61. The topological polar surface area (TPSA) is 58.2 Å². The van der Waals surface area contributed by atoms with E-state index in [4.69, 9.17) is 0 Å². The molecule has 19 heavy (non-hydrogen) atoms. The summed E-state index contributed by atoms with van der Waals surface area (Å²) >= 11 is 1.50. The zero-order valence-electron chi connectivity index (χ0n) is 12.1. The maximum absolute atomic E-state index is 12.5. The van der Waals surface area contributed by atoms with Gasteiger partial charge in [-0.2, -0.15) is 0 Å². The number of sulfonamides is 1. The summed E-state index contributed by atoms with van der Waals surface area (Å²) in [5.41, 5.74) is 0.830. The molecule has 6 heteroatoms. The van der Waals surface area contributed by atoms with Crippen LogP contribution >= 0.6 is 11.3 Å². The Hall–Kier alpha value is -0.430. The summed E-state index contributed by atoms with van der Waals surface area (Å²) < 4.78 is 27.8. The van der Waals surface area contributed by atoms with Crippen molar-refractivity contribution in [3.63, 3.8) is 0 Å². The first-order valence-corrected chi connectivity index (χ1v) is 9.12. The maximum Gasteiger partial charge on any atom is 0.242 e. The molecule has 0 bridgehead atoms. The van der Waals surface area contributed by atoms with Gasteiger partial charge in [-0.05, 0) is 37.3 Å². The molecule has 0 radical (unpaired) electrons. The minimum atomic E-state index is -3.41. The lowest BCUT2D eigenvalue weighted by atomic mass is 10.2. The van der Waals surface area contributed by atoms with Crippen LogP contribution in [0.2, 0.25) is 0 Å². The fourth-order valence-electron chi connectivity index (χ4n) is 1.94. The minimum Gasteiger partial charge on any atom is -0.312 e. The van der Waals surface area contributed by atoms with Gasteiger partial charge in [0.1, 0.15) is 4.90 Å². The lowest BCUT2D eigenvalue weighted by molar-refractivity contribution is 0.529. The molecule has 1 aromatic rings. The molecule has 0 atom stereocenters. The van der Waals surface area contributed by atoms with Gasteiger partial charge in [-0.1, -0.05) is 20.8 Å². The normalized spacial score (nSPS) is 12.3. The van der Waals surface area contributed by atoms with Gasteiger partial charge in [-0.3, -0.25) is 0 Å². The van der Waals surface area contributed by atoms with E-state index in [1.54, 1.807) is 0 Å². The average Bonchev–Trinajstić information content (AvgIpc) is 2.75. The molecule has 0 spiro atoms. The highest BCUT2D eigenvalue weighted by Gasteiger charge is 2.24. The van der Waals surface area contributed by atoms with Crippen molar-refractivity contribution in [1.82, 2.24) is 10.0 Å². The molecule has 0 unspecified atom stereocenters. The zero-order valence-corrected chi connectivity index (χ0v) is 13.7. The first-order valence-electron chi connectivity index (χ1n) is 6.76. The highest BCUT2D eigenvalue weighted by atomic mass is 32.2. The Morgan fingerprint density at radius 3 is 2.42 bits per heavy atom. The molecule has 0 amide bonds. The summed E-state index contributed by atoms with van der Waals surface area (Å²) in [5, 5.41) is 5.10. The second-order valence-corrected chi connectivity index (χ2v) is 7.20. The molecule has 4 nitrogen and oxygen atoms in total. The predicted octanol–water partition coefficient (Wildman–Crippen LogP) is 2.63. The second-order valence-electron chi connectivity index (χ2n) is 4.59. The molecule has 1 rings (SSSR count). The van der Waals surface area contributed by atoms with E-state index >= 15 is 0 Å². The molecule has 110 valence electrons. The summed E-state index contributed by atoms with van der Waals surface area (Å²) in [6.45, 7) is 9.29. The highest BCUT2D eigenvalue weighted by molar-refractivity contribution is 7.89. The van der Waals surface area contributed by atoms with Crippen molar-refractivity contribution in [2.24, 2.45) is 0 Å². The third-order valence-electron chi connectivity index (χ3n) is 3.10. The van der Waals surface area contributed by atoms with Crippen LogP contribution < -0.4 is 10.0 Å². The van der Waals surface area contributed by atoms with E-state index in [1.807, 2.05) is 33.1 Å². The Balaban J connectivity index is 3.03. The fourth-order valence-corrected chi connectivity index (χ4v) is 5.13. The van der Waals surface area contributed by atoms with Crippen molar-refractivity contribution in [1.29, 1.82) is 0 Å². The number of hydrogen-bond acceptors (Lipinski definition) is 4. The van der Waals surface area contributed by atoms with Gasteiger partial charge in [0.15, 0.2) is 0 Å².